The molecule has 0 saturated heterocycles. The maximum Gasteiger partial charge on any atom is 0.247 e. The van der Waals surface area contributed by atoms with Gasteiger partial charge < -0.3 is 9.47 Å². The molecule has 1 atom stereocenters. The van der Waals surface area contributed by atoms with E-state index in [0.717, 1.165) is 28.3 Å². The summed E-state index contributed by atoms with van der Waals surface area (Å²) in [6.07, 6.45) is -0.369. The van der Waals surface area contributed by atoms with Gasteiger partial charge in [0.05, 0.1) is 12.3 Å². The Bertz CT molecular complexity index is 1120. The zero-order valence-corrected chi connectivity index (χ0v) is 20.1. The van der Waals surface area contributed by atoms with Crippen LogP contribution in [0.2, 0.25) is 0 Å². The fourth-order valence-electron chi connectivity index (χ4n) is 3.57. The summed E-state index contributed by atoms with van der Waals surface area (Å²) in [4.78, 5) is 19.6. The van der Waals surface area contributed by atoms with Gasteiger partial charge in [0, 0.05) is 23.3 Å². The summed E-state index contributed by atoms with van der Waals surface area (Å²) in [5, 5.41) is 9.35. The first-order valence-electron chi connectivity index (χ1n) is 11.2. The number of anilines is 1. The lowest BCUT2D eigenvalue weighted by Crippen LogP contribution is -2.37. The molecule has 7 nitrogen and oxygen atoms in total. The molecule has 33 heavy (non-hydrogen) atoms. The highest BCUT2D eigenvalue weighted by Gasteiger charge is 2.35. The molecule has 1 amide bonds. The van der Waals surface area contributed by atoms with Crippen LogP contribution in [-0.2, 0) is 4.79 Å². The molecule has 0 saturated carbocycles. The second kappa shape index (κ2) is 10.2. The largest absolute Gasteiger partial charge is 0.494 e. The lowest BCUT2D eigenvalue weighted by molar-refractivity contribution is -0.120. The van der Waals surface area contributed by atoms with E-state index in [1.165, 1.54) is 0 Å². The lowest BCUT2D eigenvalue weighted by atomic mass is 10.1. The second-order valence-electron chi connectivity index (χ2n) is 8.06. The minimum Gasteiger partial charge on any atom is -0.494 e. The molecule has 0 radical (unpaired) electrons. The topological polar surface area (TPSA) is 77.4 Å². The molecular formula is C25H28N4O3S. The van der Waals surface area contributed by atoms with Gasteiger partial charge >= 0.3 is 0 Å². The number of hydrogen-bond donors (Lipinski definition) is 0. The number of fused-ring (bicyclic) bond motifs is 3. The fraction of sp³-hybridized carbons (Fsp3) is 0.360. The Morgan fingerprint density at radius 1 is 1.12 bits per heavy atom. The highest BCUT2D eigenvalue weighted by atomic mass is 32.2. The third-order valence-electron chi connectivity index (χ3n) is 5.10. The van der Waals surface area contributed by atoms with Crippen LogP contribution in [0.15, 0.2) is 53.7 Å². The summed E-state index contributed by atoms with van der Waals surface area (Å²) < 4.78 is 12.0. The standard InChI is InChI=1S/C25H28N4O3S/c1-5-21(30)29-20-10-8-7-9-19(20)22-23(26-25(28-27-22)33-15-16(3)4)32-24(29)17-11-13-18(14-12-17)31-6-2/h7-14,16,24H,5-6,15H2,1-4H3. The fourth-order valence-corrected chi connectivity index (χ4v) is 4.30. The quantitative estimate of drug-likeness (QED) is 0.426. The van der Waals surface area contributed by atoms with Crippen LogP contribution in [0.4, 0.5) is 5.69 Å². The zero-order chi connectivity index (χ0) is 23.4. The molecule has 1 aliphatic heterocycles. The van der Waals surface area contributed by atoms with Gasteiger partial charge in [-0.2, -0.15) is 4.98 Å². The Labute approximate surface area is 198 Å². The van der Waals surface area contributed by atoms with E-state index in [4.69, 9.17) is 14.5 Å². The maximum atomic E-state index is 13.2. The number of thioether (sulfide) groups is 1. The Morgan fingerprint density at radius 3 is 2.58 bits per heavy atom. The lowest BCUT2D eigenvalue weighted by Gasteiger charge is -2.30. The van der Waals surface area contributed by atoms with Crippen LogP contribution in [-0.4, -0.2) is 33.4 Å². The molecule has 2 heterocycles. The van der Waals surface area contributed by atoms with Gasteiger partial charge in [0.25, 0.3) is 0 Å². The average molecular weight is 465 g/mol. The zero-order valence-electron chi connectivity index (χ0n) is 19.3. The van der Waals surface area contributed by atoms with Crippen LogP contribution in [0.1, 0.15) is 45.9 Å². The smallest absolute Gasteiger partial charge is 0.247 e. The van der Waals surface area contributed by atoms with Crippen LogP contribution in [0.5, 0.6) is 11.6 Å². The Morgan fingerprint density at radius 2 is 1.88 bits per heavy atom. The van der Waals surface area contributed by atoms with E-state index >= 15 is 0 Å². The van der Waals surface area contributed by atoms with Crippen LogP contribution >= 0.6 is 11.8 Å². The normalized spacial score (nSPS) is 14.8. The average Bonchev–Trinajstić information content (AvgIpc) is 2.97. The monoisotopic (exact) mass is 464 g/mol. The first kappa shape index (κ1) is 23.0. The summed E-state index contributed by atoms with van der Waals surface area (Å²) in [6, 6.07) is 15.3. The van der Waals surface area contributed by atoms with E-state index in [2.05, 4.69) is 24.0 Å². The molecule has 1 aliphatic rings. The van der Waals surface area contributed by atoms with E-state index in [9.17, 15) is 4.79 Å². The molecule has 172 valence electrons. The van der Waals surface area contributed by atoms with Crippen molar-refractivity contribution < 1.29 is 14.3 Å². The third kappa shape index (κ3) is 4.95. The molecule has 4 rings (SSSR count). The van der Waals surface area contributed by atoms with Crippen LogP contribution < -0.4 is 14.4 Å². The highest BCUT2D eigenvalue weighted by molar-refractivity contribution is 7.99. The van der Waals surface area contributed by atoms with Crippen molar-refractivity contribution in [1.82, 2.24) is 15.2 Å². The second-order valence-corrected chi connectivity index (χ2v) is 9.05. The number of carbonyl (C=O) groups excluding carboxylic acids is 1. The summed E-state index contributed by atoms with van der Waals surface area (Å²) in [5.74, 6) is 2.44. The van der Waals surface area contributed by atoms with Gasteiger partial charge in [-0.15, -0.1) is 10.2 Å². The summed E-state index contributed by atoms with van der Waals surface area (Å²) in [6.45, 7) is 8.66. The number of rotatable bonds is 7. The molecule has 1 unspecified atom stereocenters. The number of para-hydroxylation sites is 1. The number of carbonyl (C=O) groups is 1. The van der Waals surface area contributed by atoms with Crippen LogP contribution in [0, 0.1) is 5.92 Å². The Hall–Kier alpha value is -3.13. The minimum atomic E-state index is -0.699. The Balaban J connectivity index is 1.84. The minimum absolute atomic E-state index is 0.0588. The third-order valence-corrected chi connectivity index (χ3v) is 6.37. The molecule has 0 N–H and O–H groups in total. The van der Waals surface area contributed by atoms with Gasteiger partial charge in [0.2, 0.25) is 23.2 Å². The van der Waals surface area contributed by atoms with Crippen LogP contribution in [0.3, 0.4) is 0 Å². The summed E-state index contributed by atoms with van der Waals surface area (Å²) >= 11 is 1.54. The molecule has 2 aromatic carbocycles. The van der Waals surface area contributed by atoms with E-state index in [1.807, 2.05) is 62.4 Å². The van der Waals surface area contributed by atoms with Crippen molar-refractivity contribution in [2.75, 3.05) is 17.3 Å². The van der Waals surface area contributed by atoms with Crippen molar-refractivity contribution in [1.29, 1.82) is 0 Å². The van der Waals surface area contributed by atoms with Crippen molar-refractivity contribution in [3.05, 3.63) is 54.1 Å². The summed E-state index contributed by atoms with van der Waals surface area (Å²) in [5.41, 5.74) is 2.84. The molecule has 8 heteroatoms. The van der Waals surface area contributed by atoms with E-state index in [1.54, 1.807) is 16.7 Å². The molecule has 0 fully saturated rings. The van der Waals surface area contributed by atoms with Crippen molar-refractivity contribution in [3.8, 4) is 22.9 Å². The SMILES string of the molecule is CCOc1ccc(C2Oc3nc(SCC(C)C)nnc3-c3ccccc3N2C(=O)CC)cc1. The summed E-state index contributed by atoms with van der Waals surface area (Å²) in [7, 11) is 0. The van der Waals surface area contributed by atoms with E-state index in [-0.39, 0.29) is 5.91 Å². The van der Waals surface area contributed by atoms with Crippen LogP contribution in [0.25, 0.3) is 11.3 Å². The van der Waals surface area contributed by atoms with Crippen molar-refractivity contribution in [2.24, 2.45) is 5.92 Å². The number of hydrogen-bond acceptors (Lipinski definition) is 7. The highest BCUT2D eigenvalue weighted by Crippen LogP contribution is 2.43. The van der Waals surface area contributed by atoms with Gasteiger partial charge in [-0.05, 0) is 43.2 Å². The van der Waals surface area contributed by atoms with Gasteiger partial charge in [-0.3, -0.25) is 9.69 Å². The molecular weight excluding hydrogens is 436 g/mol. The van der Waals surface area contributed by atoms with Crippen molar-refractivity contribution in [2.45, 2.75) is 45.5 Å². The van der Waals surface area contributed by atoms with Gasteiger partial charge in [0.1, 0.15) is 5.75 Å². The van der Waals surface area contributed by atoms with Gasteiger partial charge in [-0.1, -0.05) is 50.7 Å². The molecule has 0 aliphatic carbocycles. The molecule has 0 spiro atoms. The van der Waals surface area contributed by atoms with Crippen molar-refractivity contribution in [3.63, 3.8) is 0 Å². The molecule has 3 aromatic rings. The number of aromatic nitrogens is 3. The predicted molar refractivity (Wildman–Crippen MR) is 130 cm³/mol. The number of amides is 1. The number of benzene rings is 2. The van der Waals surface area contributed by atoms with Crippen molar-refractivity contribution >= 4 is 23.4 Å². The molecule has 0 bridgehead atoms. The first-order valence-corrected chi connectivity index (χ1v) is 12.2. The van der Waals surface area contributed by atoms with E-state index < -0.39 is 6.23 Å². The number of ether oxygens (including phenoxy) is 2. The molecule has 1 aromatic heterocycles. The van der Waals surface area contributed by atoms with Gasteiger partial charge in [-0.25, -0.2) is 0 Å². The van der Waals surface area contributed by atoms with Gasteiger partial charge in [0.15, 0.2) is 5.69 Å². The number of nitrogens with zero attached hydrogens (tertiary/aromatic N) is 4. The Kier molecular flexibility index (Phi) is 7.13. The van der Waals surface area contributed by atoms with E-state index in [0.29, 0.717) is 35.7 Å². The maximum absolute atomic E-state index is 13.2. The first-order chi connectivity index (χ1) is 16.0. The predicted octanol–water partition coefficient (Wildman–Crippen LogP) is 5.52.